The Kier molecular flexibility index (Phi) is 30.1. The van der Waals surface area contributed by atoms with Crippen molar-refractivity contribution in [1.29, 1.82) is 0 Å². The monoisotopic (exact) mass is 879 g/mol. The quantitative estimate of drug-likeness (QED) is 0.0334. The zero-order valence-corrected chi connectivity index (χ0v) is 40.6. The predicted octanol–water partition coefficient (Wildman–Crippen LogP) is 16.8. The number of nitrogens with one attached hydrogen (secondary N) is 2. The molecular weight excluding hydrogens is 793 g/mol. The summed E-state index contributed by atoms with van der Waals surface area (Å²) in [5.74, 6) is 2.22. The summed E-state index contributed by atoms with van der Waals surface area (Å²) in [7, 11) is 0. The molecule has 0 heterocycles. The van der Waals surface area contributed by atoms with E-state index in [-0.39, 0.29) is 11.6 Å². The van der Waals surface area contributed by atoms with E-state index >= 15 is 0 Å². The van der Waals surface area contributed by atoms with Crippen molar-refractivity contribution in [3.05, 3.63) is 102 Å². The van der Waals surface area contributed by atoms with Crippen LogP contribution in [0.2, 0.25) is 0 Å². The zero-order chi connectivity index (χ0) is 45.7. The molecular formula is C57H86N2O5. The fourth-order valence-corrected chi connectivity index (χ4v) is 7.71. The molecule has 0 radical (unpaired) electrons. The average Bonchev–Trinajstić information content (AvgIpc) is 3.31. The van der Waals surface area contributed by atoms with Gasteiger partial charge in [0.05, 0.1) is 31.2 Å². The van der Waals surface area contributed by atoms with E-state index in [1.165, 1.54) is 128 Å². The molecule has 2 N–H and O–H groups in total. The lowest BCUT2D eigenvalue weighted by molar-refractivity contribution is 0.103. The normalized spacial score (nSPS) is 11.4. The van der Waals surface area contributed by atoms with Crippen LogP contribution in [-0.4, -0.2) is 31.4 Å². The molecule has 0 saturated heterocycles. The van der Waals surface area contributed by atoms with Crippen molar-refractivity contribution < 1.29 is 23.8 Å². The van der Waals surface area contributed by atoms with Gasteiger partial charge in [0.2, 0.25) is 0 Å². The van der Waals surface area contributed by atoms with Gasteiger partial charge in [-0.25, -0.2) is 0 Å². The van der Waals surface area contributed by atoms with Gasteiger partial charge in [-0.15, -0.1) is 0 Å². The molecule has 354 valence electrons. The minimum atomic E-state index is -0.107. The molecule has 7 heteroatoms. The summed E-state index contributed by atoms with van der Waals surface area (Å²) >= 11 is 0. The smallest absolute Gasteiger partial charge is 0.187 e. The number of rotatable bonds is 40. The van der Waals surface area contributed by atoms with Crippen LogP contribution in [0.15, 0.2) is 85.2 Å². The van der Waals surface area contributed by atoms with E-state index in [2.05, 4.69) is 44.4 Å². The average molecular weight is 879 g/mol. The van der Waals surface area contributed by atoms with E-state index in [0.29, 0.717) is 30.9 Å². The number of ether oxygens (including phenoxy) is 3. The summed E-state index contributed by atoms with van der Waals surface area (Å²) in [6, 6.07) is 19.0. The van der Waals surface area contributed by atoms with Crippen molar-refractivity contribution in [2.75, 3.05) is 30.5 Å². The number of benzene rings is 3. The van der Waals surface area contributed by atoms with E-state index in [1.807, 2.05) is 54.6 Å². The van der Waals surface area contributed by atoms with Gasteiger partial charge in [-0.2, -0.15) is 0 Å². The second kappa shape index (κ2) is 35.8. The van der Waals surface area contributed by atoms with Crippen molar-refractivity contribution in [3.63, 3.8) is 0 Å². The van der Waals surface area contributed by atoms with Crippen molar-refractivity contribution in [3.8, 4) is 17.2 Å². The fraction of sp³-hybridized carbons (Fsp3) is 0.579. The van der Waals surface area contributed by atoms with Crippen LogP contribution in [0.25, 0.3) is 0 Å². The maximum Gasteiger partial charge on any atom is 0.187 e. The Labute approximate surface area is 389 Å². The van der Waals surface area contributed by atoms with E-state index in [0.717, 1.165) is 72.7 Å². The molecule has 0 aliphatic rings. The number of carbonyl (C=O) groups is 2. The first-order chi connectivity index (χ1) is 31.5. The Morgan fingerprint density at radius 2 is 0.766 bits per heavy atom. The van der Waals surface area contributed by atoms with Gasteiger partial charge in [-0.1, -0.05) is 163 Å². The number of anilines is 2. The maximum absolute atomic E-state index is 13.3. The molecule has 0 bridgehead atoms. The van der Waals surface area contributed by atoms with E-state index < -0.39 is 0 Å². The molecule has 0 fully saturated rings. The highest BCUT2D eigenvalue weighted by Gasteiger charge is 2.12. The van der Waals surface area contributed by atoms with Crippen LogP contribution >= 0.6 is 0 Å². The van der Waals surface area contributed by atoms with Gasteiger partial charge < -0.3 is 24.8 Å². The Hall–Kier alpha value is -4.52. The van der Waals surface area contributed by atoms with Crippen LogP contribution in [0, 0.1) is 0 Å². The summed E-state index contributed by atoms with van der Waals surface area (Å²) in [5.41, 5.74) is 3.89. The first-order valence-corrected chi connectivity index (χ1v) is 25.7. The lowest BCUT2D eigenvalue weighted by atomic mass is 10.0. The van der Waals surface area contributed by atoms with Crippen LogP contribution in [0.1, 0.15) is 214 Å². The largest absolute Gasteiger partial charge is 0.494 e. The third kappa shape index (κ3) is 24.0. The summed E-state index contributed by atoms with van der Waals surface area (Å²) in [6.07, 6.45) is 37.8. The maximum atomic E-state index is 13.3. The fourth-order valence-electron chi connectivity index (χ4n) is 7.71. The topological polar surface area (TPSA) is 85.9 Å². The molecule has 3 aromatic carbocycles. The van der Waals surface area contributed by atoms with E-state index in [1.54, 1.807) is 24.6 Å². The molecule has 0 unspecified atom stereocenters. The predicted molar refractivity (Wildman–Crippen MR) is 272 cm³/mol. The number of carbonyl (C=O) groups excluding carboxylic acids is 2. The first-order valence-electron chi connectivity index (χ1n) is 25.7. The van der Waals surface area contributed by atoms with Gasteiger partial charge in [0.15, 0.2) is 11.6 Å². The molecule has 3 rings (SSSR count). The molecule has 0 amide bonds. The summed E-state index contributed by atoms with van der Waals surface area (Å²) in [6.45, 7) is 11.0. The SMILES string of the molecule is CCCCCCCCCc1cc(N/C=C\C(=O)c2ccc(OCCCCCCCC)cc2)c(N/C=C\C(=O)c2ccc(OCCCCCCCC)cc2)cc1OCCCCCCCC. The molecule has 0 aliphatic heterocycles. The van der Waals surface area contributed by atoms with Gasteiger partial charge in [-0.3, -0.25) is 9.59 Å². The molecule has 0 atom stereocenters. The molecule has 0 saturated carbocycles. The summed E-state index contributed by atoms with van der Waals surface area (Å²) < 4.78 is 18.4. The van der Waals surface area contributed by atoms with Gasteiger partial charge in [-0.05, 0) is 92.3 Å². The number of allylic oxidation sites excluding steroid dienone is 2. The zero-order valence-electron chi connectivity index (χ0n) is 40.6. The van der Waals surface area contributed by atoms with Gasteiger partial charge in [0, 0.05) is 41.7 Å². The number of hydrogen-bond acceptors (Lipinski definition) is 7. The molecule has 0 aromatic heterocycles. The molecule has 0 spiro atoms. The highest BCUT2D eigenvalue weighted by molar-refractivity contribution is 6.05. The summed E-state index contributed by atoms with van der Waals surface area (Å²) in [4.78, 5) is 26.6. The molecule has 7 nitrogen and oxygen atoms in total. The molecule has 0 aliphatic carbocycles. The second-order valence-corrected chi connectivity index (χ2v) is 17.5. The highest BCUT2D eigenvalue weighted by atomic mass is 16.5. The Balaban J connectivity index is 1.73. The third-order valence-electron chi connectivity index (χ3n) is 11.8. The Bertz CT molecular complexity index is 1590. The second-order valence-electron chi connectivity index (χ2n) is 17.5. The number of hydrogen-bond donors (Lipinski definition) is 2. The van der Waals surface area contributed by atoms with Gasteiger partial charge in [0.25, 0.3) is 0 Å². The molecule has 3 aromatic rings. The van der Waals surface area contributed by atoms with Gasteiger partial charge in [0.1, 0.15) is 17.2 Å². The first kappa shape index (κ1) is 53.8. The lowest BCUT2D eigenvalue weighted by Gasteiger charge is -2.17. The highest BCUT2D eigenvalue weighted by Crippen LogP contribution is 2.33. The van der Waals surface area contributed by atoms with E-state index in [4.69, 9.17) is 14.2 Å². The minimum Gasteiger partial charge on any atom is -0.494 e. The standard InChI is InChI=1S/C57H86N2O5/c1-5-9-13-17-21-22-26-30-50-46-53(58-41-39-55(60)48-31-35-51(36-32-48)62-43-27-23-18-14-10-6-2)54(47-57(50)64-45-29-25-20-16-12-8-4)59-42-40-56(61)49-33-37-52(38-34-49)63-44-28-24-19-15-11-7-3/h31-42,46-47,58-59H,5-30,43-45H2,1-4H3/b41-39-,42-40-. The van der Waals surface area contributed by atoms with Gasteiger partial charge >= 0.3 is 0 Å². The van der Waals surface area contributed by atoms with Crippen LogP contribution < -0.4 is 24.8 Å². The Morgan fingerprint density at radius 1 is 0.422 bits per heavy atom. The van der Waals surface area contributed by atoms with E-state index in [9.17, 15) is 9.59 Å². The van der Waals surface area contributed by atoms with Crippen LogP contribution in [0.5, 0.6) is 17.2 Å². The Morgan fingerprint density at radius 3 is 1.17 bits per heavy atom. The van der Waals surface area contributed by atoms with Crippen LogP contribution in [0.4, 0.5) is 11.4 Å². The number of ketones is 2. The van der Waals surface area contributed by atoms with Crippen molar-refractivity contribution >= 4 is 22.9 Å². The lowest BCUT2D eigenvalue weighted by Crippen LogP contribution is -2.05. The van der Waals surface area contributed by atoms with Crippen LogP contribution in [0.3, 0.4) is 0 Å². The number of aryl methyl sites for hydroxylation is 1. The summed E-state index contributed by atoms with van der Waals surface area (Å²) in [5, 5.41) is 6.77. The minimum absolute atomic E-state index is 0.101. The van der Waals surface area contributed by atoms with Crippen LogP contribution in [-0.2, 0) is 6.42 Å². The van der Waals surface area contributed by atoms with Crippen molar-refractivity contribution in [1.82, 2.24) is 0 Å². The third-order valence-corrected chi connectivity index (χ3v) is 11.8. The molecule has 64 heavy (non-hydrogen) atoms. The van der Waals surface area contributed by atoms with Crippen molar-refractivity contribution in [2.24, 2.45) is 0 Å². The van der Waals surface area contributed by atoms with Crippen molar-refractivity contribution in [2.45, 2.75) is 195 Å². The number of unbranched alkanes of at least 4 members (excludes halogenated alkanes) is 21.